The lowest BCUT2D eigenvalue weighted by atomic mass is 10.1. The van der Waals surface area contributed by atoms with Crippen molar-refractivity contribution in [2.45, 2.75) is 19.3 Å². The molecule has 0 radical (unpaired) electrons. The average molecular weight is 305 g/mol. The van der Waals surface area contributed by atoms with E-state index in [1.807, 2.05) is 0 Å². The van der Waals surface area contributed by atoms with Gasteiger partial charge in [-0.25, -0.2) is 0 Å². The summed E-state index contributed by atoms with van der Waals surface area (Å²) in [4.78, 5) is 13.3. The van der Waals surface area contributed by atoms with Crippen molar-refractivity contribution in [2.24, 2.45) is 0 Å². The number of carbonyl (C=O) groups is 1. The van der Waals surface area contributed by atoms with Crippen molar-refractivity contribution in [3.05, 3.63) is 39.0 Å². The Labute approximate surface area is 124 Å². The van der Waals surface area contributed by atoms with Gasteiger partial charge in [0.15, 0.2) is 10.8 Å². The van der Waals surface area contributed by atoms with E-state index >= 15 is 0 Å². The second-order valence-electron chi connectivity index (χ2n) is 4.37. The highest BCUT2D eigenvalue weighted by atomic mass is 35.5. The summed E-state index contributed by atoms with van der Waals surface area (Å²) in [6, 6.07) is 5.18. The summed E-state index contributed by atoms with van der Waals surface area (Å²) in [7, 11) is 0. The third kappa shape index (κ3) is 2.26. The van der Waals surface area contributed by atoms with Crippen LogP contribution in [0.2, 0.25) is 5.15 Å². The van der Waals surface area contributed by atoms with Gasteiger partial charge >= 0.3 is 0 Å². The third-order valence-corrected chi connectivity index (χ3v) is 4.53. The zero-order valence-electron chi connectivity index (χ0n) is 10.3. The molecule has 0 unspecified atom stereocenters. The van der Waals surface area contributed by atoms with E-state index in [9.17, 15) is 10.1 Å². The molecule has 0 aromatic carbocycles. The number of anilines is 1. The normalized spacial score (nSPS) is 12.8. The summed E-state index contributed by atoms with van der Waals surface area (Å²) in [6.45, 7) is 0. The molecule has 7 heteroatoms. The molecule has 0 bridgehead atoms. The summed E-state index contributed by atoms with van der Waals surface area (Å²) in [5.74, 6) is -0.384. The van der Waals surface area contributed by atoms with Crippen LogP contribution in [-0.4, -0.2) is 16.1 Å². The smallest absolute Gasteiger partial charge is 0.276 e. The highest BCUT2D eigenvalue weighted by Crippen LogP contribution is 2.38. The Balaban J connectivity index is 1.87. The van der Waals surface area contributed by atoms with Gasteiger partial charge in [0.2, 0.25) is 0 Å². The highest BCUT2D eigenvalue weighted by Gasteiger charge is 2.23. The van der Waals surface area contributed by atoms with E-state index < -0.39 is 0 Å². The maximum atomic E-state index is 12.1. The average Bonchev–Trinajstić information content (AvgIpc) is 2.99. The quantitative estimate of drug-likeness (QED) is 0.925. The number of carbonyl (C=O) groups excluding carboxylic acids is 1. The predicted molar refractivity (Wildman–Crippen MR) is 76.1 cm³/mol. The van der Waals surface area contributed by atoms with Gasteiger partial charge in [0, 0.05) is 4.88 Å². The highest BCUT2D eigenvalue weighted by molar-refractivity contribution is 7.16. The topological polar surface area (TPSA) is 78.7 Å². The molecule has 1 aliphatic carbocycles. The minimum Gasteiger partial charge on any atom is -0.311 e. The number of nitrogens with zero attached hydrogens (tertiary/aromatic N) is 3. The Hall–Kier alpha value is -1.97. The van der Waals surface area contributed by atoms with Crippen molar-refractivity contribution in [1.29, 1.82) is 5.26 Å². The van der Waals surface area contributed by atoms with E-state index in [1.54, 1.807) is 0 Å². The SMILES string of the molecule is N#Cc1c(NC(=O)c2ccc(Cl)nn2)sc2c1CCC2. The number of thiophene rings is 1. The molecule has 2 heterocycles. The molecular formula is C13H9ClN4OS. The first-order valence-corrected chi connectivity index (χ1v) is 7.23. The molecule has 100 valence electrons. The number of nitriles is 1. The number of nitrogens with one attached hydrogen (secondary N) is 1. The van der Waals surface area contributed by atoms with E-state index in [-0.39, 0.29) is 16.8 Å². The molecule has 5 nitrogen and oxygen atoms in total. The van der Waals surface area contributed by atoms with Crippen LogP contribution in [0, 0.1) is 11.3 Å². The first-order valence-electron chi connectivity index (χ1n) is 6.04. The van der Waals surface area contributed by atoms with Gasteiger partial charge in [0.25, 0.3) is 5.91 Å². The monoisotopic (exact) mass is 304 g/mol. The van der Waals surface area contributed by atoms with E-state index in [4.69, 9.17) is 11.6 Å². The Morgan fingerprint density at radius 1 is 1.40 bits per heavy atom. The van der Waals surface area contributed by atoms with Crippen molar-refractivity contribution in [2.75, 3.05) is 5.32 Å². The van der Waals surface area contributed by atoms with Gasteiger partial charge < -0.3 is 5.32 Å². The second-order valence-corrected chi connectivity index (χ2v) is 5.86. The molecule has 2 aromatic heterocycles. The molecule has 0 atom stereocenters. The van der Waals surface area contributed by atoms with E-state index in [0.717, 1.165) is 24.8 Å². The number of amides is 1. The second kappa shape index (κ2) is 5.19. The number of hydrogen-bond donors (Lipinski definition) is 1. The summed E-state index contributed by atoms with van der Waals surface area (Å²) in [5.41, 5.74) is 1.83. The number of fused-ring (bicyclic) bond motifs is 1. The number of halogens is 1. The molecule has 1 aliphatic rings. The molecule has 3 rings (SSSR count). The van der Waals surface area contributed by atoms with Gasteiger partial charge in [0.1, 0.15) is 11.1 Å². The van der Waals surface area contributed by atoms with Crippen LogP contribution in [-0.2, 0) is 12.8 Å². The maximum absolute atomic E-state index is 12.1. The molecule has 1 amide bonds. The Bertz CT molecular complexity index is 717. The molecule has 0 saturated heterocycles. The van der Waals surface area contributed by atoms with Crippen LogP contribution in [0.25, 0.3) is 0 Å². The van der Waals surface area contributed by atoms with Crippen LogP contribution in [0.15, 0.2) is 12.1 Å². The zero-order chi connectivity index (χ0) is 14.1. The summed E-state index contributed by atoms with van der Waals surface area (Å²) < 4.78 is 0. The van der Waals surface area contributed by atoms with Gasteiger partial charge in [-0.3, -0.25) is 4.79 Å². The van der Waals surface area contributed by atoms with Crippen LogP contribution in [0.5, 0.6) is 0 Å². The van der Waals surface area contributed by atoms with Gasteiger partial charge in [-0.2, -0.15) is 5.26 Å². The van der Waals surface area contributed by atoms with Crippen LogP contribution in [0.1, 0.15) is 32.9 Å². The van der Waals surface area contributed by atoms with Crippen LogP contribution < -0.4 is 5.32 Å². The molecule has 2 aromatic rings. The Morgan fingerprint density at radius 3 is 2.95 bits per heavy atom. The Morgan fingerprint density at radius 2 is 2.25 bits per heavy atom. The van der Waals surface area contributed by atoms with Gasteiger partial charge in [-0.1, -0.05) is 11.6 Å². The van der Waals surface area contributed by atoms with Crippen LogP contribution in [0.4, 0.5) is 5.00 Å². The van der Waals surface area contributed by atoms with E-state index in [0.29, 0.717) is 10.6 Å². The predicted octanol–water partition coefficient (Wildman–Crippen LogP) is 2.80. The molecule has 0 saturated carbocycles. The number of hydrogen-bond acceptors (Lipinski definition) is 5. The van der Waals surface area contributed by atoms with Gasteiger partial charge in [0.05, 0.1) is 5.56 Å². The van der Waals surface area contributed by atoms with Gasteiger partial charge in [-0.05, 0) is 37.0 Å². The first-order chi connectivity index (χ1) is 9.69. The van der Waals surface area contributed by atoms with Crippen molar-refractivity contribution in [3.8, 4) is 6.07 Å². The summed E-state index contributed by atoms with van der Waals surface area (Å²) in [6.07, 6.45) is 2.96. The van der Waals surface area contributed by atoms with E-state index in [1.165, 1.54) is 28.3 Å². The fourth-order valence-corrected chi connectivity index (χ4v) is 3.55. The van der Waals surface area contributed by atoms with Crippen LogP contribution >= 0.6 is 22.9 Å². The van der Waals surface area contributed by atoms with Gasteiger partial charge in [-0.15, -0.1) is 21.5 Å². The number of rotatable bonds is 2. The standard InChI is InChI=1S/C13H9ClN4OS/c14-11-5-4-9(17-18-11)12(19)16-13-8(6-15)7-2-1-3-10(7)20-13/h4-5H,1-3H2,(H,16,19). The first kappa shape index (κ1) is 13.0. The largest absolute Gasteiger partial charge is 0.311 e. The van der Waals surface area contributed by atoms with Crippen molar-refractivity contribution in [3.63, 3.8) is 0 Å². The fourth-order valence-electron chi connectivity index (χ4n) is 2.21. The van der Waals surface area contributed by atoms with Crippen LogP contribution in [0.3, 0.4) is 0 Å². The zero-order valence-corrected chi connectivity index (χ0v) is 11.9. The molecule has 0 fully saturated rings. The van der Waals surface area contributed by atoms with Crippen molar-refractivity contribution in [1.82, 2.24) is 10.2 Å². The molecule has 0 spiro atoms. The molecule has 20 heavy (non-hydrogen) atoms. The lowest BCUT2D eigenvalue weighted by Crippen LogP contribution is -2.14. The molecule has 0 aliphatic heterocycles. The third-order valence-electron chi connectivity index (χ3n) is 3.12. The Kier molecular flexibility index (Phi) is 3.38. The summed E-state index contributed by atoms with van der Waals surface area (Å²) in [5, 5.41) is 20.2. The molecule has 1 N–H and O–H groups in total. The minimum absolute atomic E-state index is 0.173. The van der Waals surface area contributed by atoms with Crippen molar-refractivity contribution < 1.29 is 4.79 Å². The lowest BCUT2D eigenvalue weighted by molar-refractivity contribution is 0.102. The minimum atomic E-state index is -0.384. The number of aromatic nitrogens is 2. The molecular weight excluding hydrogens is 296 g/mol. The van der Waals surface area contributed by atoms with Crippen molar-refractivity contribution >= 4 is 33.8 Å². The fraction of sp³-hybridized carbons (Fsp3) is 0.231. The lowest BCUT2D eigenvalue weighted by Gasteiger charge is -2.02. The van der Waals surface area contributed by atoms with E-state index in [2.05, 4.69) is 21.6 Å². The summed E-state index contributed by atoms with van der Waals surface area (Å²) >= 11 is 7.10. The number of aryl methyl sites for hydroxylation is 1. The maximum Gasteiger partial charge on any atom is 0.276 e.